The molecule has 3 nitrogen and oxygen atoms in total. The van der Waals surface area contributed by atoms with Gasteiger partial charge in [0, 0.05) is 29.4 Å². The summed E-state index contributed by atoms with van der Waals surface area (Å²) in [5, 5.41) is 8.25. The first-order chi connectivity index (χ1) is 11.4. The highest BCUT2D eigenvalue weighted by molar-refractivity contribution is 7.13. The number of fused-ring (bicyclic) bond motifs is 2. The van der Waals surface area contributed by atoms with Crippen molar-refractivity contribution in [2.75, 3.05) is 0 Å². The molecule has 23 heavy (non-hydrogen) atoms. The van der Waals surface area contributed by atoms with Crippen LogP contribution in [0.2, 0.25) is 0 Å². The third-order valence-electron chi connectivity index (χ3n) is 4.51. The smallest absolute Gasteiger partial charge is 0.110 e. The number of aryl methyl sites for hydroxylation is 1. The molecule has 4 heteroatoms. The van der Waals surface area contributed by atoms with Crippen molar-refractivity contribution in [3.8, 4) is 21.7 Å². The Balaban J connectivity index is 1.86. The van der Waals surface area contributed by atoms with E-state index in [0.717, 1.165) is 24.2 Å². The van der Waals surface area contributed by atoms with E-state index in [-0.39, 0.29) is 0 Å². The molecule has 1 aliphatic rings. The predicted octanol–water partition coefficient (Wildman–Crippen LogP) is 4.77. The maximum absolute atomic E-state index is 4.92. The van der Waals surface area contributed by atoms with Gasteiger partial charge in [0.05, 0.1) is 10.4 Å². The quantitative estimate of drug-likeness (QED) is 0.533. The fourth-order valence-electron chi connectivity index (χ4n) is 3.51. The van der Waals surface area contributed by atoms with E-state index >= 15 is 0 Å². The van der Waals surface area contributed by atoms with Gasteiger partial charge in [0.15, 0.2) is 0 Å². The summed E-state index contributed by atoms with van der Waals surface area (Å²) in [7, 11) is 0. The molecular formula is C19H15N3S. The molecule has 0 amide bonds. The van der Waals surface area contributed by atoms with Crippen LogP contribution in [-0.4, -0.2) is 14.8 Å². The first-order valence-electron chi connectivity index (χ1n) is 7.89. The topological polar surface area (TPSA) is 30.7 Å². The van der Waals surface area contributed by atoms with Crippen molar-refractivity contribution in [2.45, 2.75) is 19.4 Å². The van der Waals surface area contributed by atoms with Crippen LogP contribution in [0.25, 0.3) is 32.6 Å². The maximum atomic E-state index is 4.92. The van der Waals surface area contributed by atoms with Crippen LogP contribution in [-0.2, 0) is 13.0 Å². The van der Waals surface area contributed by atoms with Gasteiger partial charge in [-0.2, -0.15) is 5.10 Å². The third kappa shape index (κ3) is 1.95. The molecule has 0 saturated carbocycles. The summed E-state index contributed by atoms with van der Waals surface area (Å²) in [6.07, 6.45) is 4.20. The summed E-state index contributed by atoms with van der Waals surface area (Å²) >= 11 is 1.76. The van der Waals surface area contributed by atoms with Gasteiger partial charge in [-0.15, -0.1) is 11.3 Å². The molecule has 0 fully saturated rings. The van der Waals surface area contributed by atoms with Crippen molar-refractivity contribution in [1.82, 2.24) is 14.8 Å². The number of rotatable bonds is 2. The van der Waals surface area contributed by atoms with E-state index in [1.165, 1.54) is 33.5 Å². The molecular weight excluding hydrogens is 302 g/mol. The number of aromatic nitrogens is 3. The Bertz CT molecular complexity index is 994. The summed E-state index contributed by atoms with van der Waals surface area (Å²) in [5.74, 6) is 0. The van der Waals surface area contributed by atoms with Crippen LogP contribution in [0.4, 0.5) is 0 Å². The number of hydrogen-bond acceptors (Lipinski definition) is 3. The summed E-state index contributed by atoms with van der Waals surface area (Å²) in [5.41, 5.74) is 6.07. The third-order valence-corrected chi connectivity index (χ3v) is 5.39. The molecule has 1 aromatic carbocycles. The van der Waals surface area contributed by atoms with Crippen LogP contribution in [0.15, 0.2) is 54.0 Å². The summed E-state index contributed by atoms with van der Waals surface area (Å²) in [6.45, 7) is 1.02. The van der Waals surface area contributed by atoms with E-state index in [9.17, 15) is 0 Å². The van der Waals surface area contributed by atoms with E-state index in [1.807, 2.05) is 12.3 Å². The molecule has 0 saturated heterocycles. The lowest BCUT2D eigenvalue weighted by atomic mass is 9.97. The normalized spacial score (nSPS) is 13.6. The van der Waals surface area contributed by atoms with Gasteiger partial charge in [0.25, 0.3) is 0 Å². The number of benzene rings is 1. The van der Waals surface area contributed by atoms with E-state index in [2.05, 4.69) is 51.4 Å². The lowest BCUT2D eigenvalue weighted by molar-refractivity contribution is 0.659. The lowest BCUT2D eigenvalue weighted by Gasteiger charge is -2.08. The van der Waals surface area contributed by atoms with E-state index in [1.54, 1.807) is 11.3 Å². The molecule has 4 heterocycles. The first kappa shape index (κ1) is 13.0. The first-order valence-corrected chi connectivity index (χ1v) is 8.77. The molecule has 0 spiro atoms. The van der Waals surface area contributed by atoms with Crippen molar-refractivity contribution in [2.24, 2.45) is 0 Å². The predicted molar refractivity (Wildman–Crippen MR) is 94.6 cm³/mol. The van der Waals surface area contributed by atoms with E-state index in [4.69, 9.17) is 5.10 Å². The van der Waals surface area contributed by atoms with Gasteiger partial charge < -0.3 is 0 Å². The Morgan fingerprint density at radius 1 is 1.04 bits per heavy atom. The average molecular weight is 317 g/mol. The lowest BCUT2D eigenvalue weighted by Crippen LogP contribution is -1.93. The van der Waals surface area contributed by atoms with Crippen LogP contribution in [0.1, 0.15) is 12.1 Å². The second kappa shape index (κ2) is 5.03. The highest BCUT2D eigenvalue weighted by Crippen LogP contribution is 2.41. The van der Waals surface area contributed by atoms with Crippen molar-refractivity contribution < 1.29 is 0 Å². The molecule has 0 unspecified atom stereocenters. The Labute approximate surface area is 138 Å². The molecule has 0 atom stereocenters. The molecule has 3 aromatic heterocycles. The van der Waals surface area contributed by atoms with Crippen molar-refractivity contribution >= 4 is 22.2 Å². The van der Waals surface area contributed by atoms with Crippen molar-refractivity contribution in [3.63, 3.8) is 0 Å². The molecule has 112 valence electrons. The minimum Gasteiger partial charge on any atom is -0.268 e. The molecule has 1 aliphatic heterocycles. The van der Waals surface area contributed by atoms with Gasteiger partial charge in [-0.05, 0) is 42.0 Å². The van der Waals surface area contributed by atoms with Crippen molar-refractivity contribution in [3.05, 3.63) is 59.7 Å². The second-order valence-corrected chi connectivity index (χ2v) is 6.80. The SMILES string of the molecule is c1csc(-c2nn3c(c2-c2ccnc4ccccc24)CCC3)c1. The Morgan fingerprint density at radius 2 is 2.00 bits per heavy atom. The summed E-state index contributed by atoms with van der Waals surface area (Å²) in [6, 6.07) is 14.8. The zero-order valence-corrected chi connectivity index (χ0v) is 13.4. The minimum absolute atomic E-state index is 1.02. The number of para-hydroxylation sites is 1. The second-order valence-electron chi connectivity index (χ2n) is 5.85. The molecule has 4 aromatic rings. The van der Waals surface area contributed by atoms with Gasteiger partial charge in [0.1, 0.15) is 5.69 Å². The number of pyridine rings is 1. The van der Waals surface area contributed by atoms with Crippen LogP contribution < -0.4 is 0 Å². The molecule has 0 aliphatic carbocycles. The minimum atomic E-state index is 1.02. The zero-order valence-electron chi connectivity index (χ0n) is 12.6. The maximum Gasteiger partial charge on any atom is 0.110 e. The summed E-state index contributed by atoms with van der Waals surface area (Å²) in [4.78, 5) is 5.75. The van der Waals surface area contributed by atoms with Crippen LogP contribution >= 0.6 is 11.3 Å². The monoisotopic (exact) mass is 317 g/mol. The van der Waals surface area contributed by atoms with Crippen LogP contribution in [0.3, 0.4) is 0 Å². The Kier molecular flexibility index (Phi) is 2.85. The Morgan fingerprint density at radius 3 is 2.91 bits per heavy atom. The van der Waals surface area contributed by atoms with Gasteiger partial charge >= 0.3 is 0 Å². The average Bonchev–Trinajstić information content (AvgIpc) is 3.30. The van der Waals surface area contributed by atoms with Gasteiger partial charge in [-0.3, -0.25) is 9.67 Å². The highest BCUT2D eigenvalue weighted by atomic mass is 32.1. The molecule has 5 rings (SSSR count). The Hall–Kier alpha value is -2.46. The van der Waals surface area contributed by atoms with E-state index in [0.29, 0.717) is 0 Å². The standard InChI is InChI=1S/C19H15N3S/c1-2-6-15-13(5-1)14(9-10-20-15)18-16-7-3-11-22(16)21-19(18)17-8-4-12-23-17/h1-2,4-6,8-10,12H,3,7,11H2. The zero-order chi connectivity index (χ0) is 15.2. The fourth-order valence-corrected chi connectivity index (χ4v) is 4.23. The van der Waals surface area contributed by atoms with Gasteiger partial charge in [-0.25, -0.2) is 0 Å². The van der Waals surface area contributed by atoms with Crippen LogP contribution in [0, 0.1) is 0 Å². The molecule has 0 N–H and O–H groups in total. The van der Waals surface area contributed by atoms with Gasteiger partial charge in [-0.1, -0.05) is 24.3 Å². The van der Waals surface area contributed by atoms with Crippen LogP contribution in [0.5, 0.6) is 0 Å². The fraction of sp³-hybridized carbons (Fsp3) is 0.158. The molecule has 0 bridgehead atoms. The highest BCUT2D eigenvalue weighted by Gasteiger charge is 2.25. The summed E-state index contributed by atoms with van der Waals surface area (Å²) < 4.78 is 2.19. The van der Waals surface area contributed by atoms with Crippen molar-refractivity contribution in [1.29, 1.82) is 0 Å². The van der Waals surface area contributed by atoms with Gasteiger partial charge in [0.2, 0.25) is 0 Å². The number of nitrogens with zero attached hydrogens (tertiary/aromatic N) is 3. The largest absolute Gasteiger partial charge is 0.268 e. The molecule has 0 radical (unpaired) electrons. The van der Waals surface area contributed by atoms with E-state index < -0.39 is 0 Å². The number of hydrogen-bond donors (Lipinski definition) is 0. The number of thiophene rings is 1.